The van der Waals surface area contributed by atoms with E-state index in [9.17, 15) is 5.11 Å². The van der Waals surface area contributed by atoms with Crippen LogP contribution in [0.5, 0.6) is 17.2 Å². The van der Waals surface area contributed by atoms with Crippen molar-refractivity contribution < 1.29 is 25.6 Å². The quantitative estimate of drug-likeness (QED) is 0.634. The highest BCUT2D eigenvalue weighted by Crippen LogP contribution is 2.20. The maximum atomic E-state index is 9.58. The Morgan fingerprint density at radius 1 is 0.654 bits per heavy atom. The molecule has 0 fully saturated rings. The fourth-order valence-electron chi connectivity index (χ4n) is 1.92. The van der Waals surface area contributed by atoms with Crippen LogP contribution in [0.3, 0.4) is 0 Å². The molecule has 0 bridgehead atoms. The highest BCUT2D eigenvalue weighted by Gasteiger charge is 2.00. The lowest BCUT2D eigenvalue weighted by Gasteiger charge is -2.04. The molecule has 0 saturated carbocycles. The fourth-order valence-corrected chi connectivity index (χ4v) is 1.92. The number of phenolic OH excluding ortho intramolecular Hbond substituents is 3. The molecular weight excluding hydrogens is 356 g/mol. The molecule has 3 aromatic rings. The zero-order valence-electron chi connectivity index (χ0n) is 14.1. The van der Waals surface area contributed by atoms with Crippen LogP contribution in [0.2, 0.25) is 0 Å². The molecule has 0 aliphatic rings. The number of carbonyl (C=O) groups is 1. The molecule has 3 rings (SSSR count). The molecule has 5 nitrogen and oxygen atoms in total. The lowest BCUT2D eigenvalue weighted by Crippen LogP contribution is -1.87. The van der Waals surface area contributed by atoms with Gasteiger partial charge in [0.15, 0.2) is 0 Å². The summed E-state index contributed by atoms with van der Waals surface area (Å²) in [5, 5.41) is 27.3. The minimum Gasteiger partial charge on any atom is -0.508 e. The minimum absolute atomic E-state index is 0. The second-order valence-corrected chi connectivity index (χ2v) is 4.81. The van der Waals surface area contributed by atoms with Gasteiger partial charge in [0.05, 0.1) is 0 Å². The third-order valence-corrected chi connectivity index (χ3v) is 3.08. The van der Waals surface area contributed by atoms with E-state index in [1.807, 2.05) is 37.1 Å². The largest absolute Gasteiger partial charge is 0.508 e. The van der Waals surface area contributed by atoms with Crippen molar-refractivity contribution in [1.82, 2.24) is 0 Å². The summed E-state index contributed by atoms with van der Waals surface area (Å²) in [4.78, 5) is 8.00. The Bertz CT molecular complexity index is 718. The maximum Gasteiger partial charge on any atom is 0.119 e. The second-order valence-electron chi connectivity index (χ2n) is 4.81. The molecule has 0 unspecified atom stereocenters. The number of benzene rings is 3. The van der Waals surface area contributed by atoms with Gasteiger partial charge in [-0.05, 0) is 41.5 Å². The molecule has 6 heteroatoms. The van der Waals surface area contributed by atoms with Crippen molar-refractivity contribution in [3.8, 4) is 17.2 Å². The van der Waals surface area contributed by atoms with Crippen LogP contribution in [0.4, 0.5) is 0 Å². The Morgan fingerprint density at radius 2 is 1.12 bits per heavy atom. The Balaban J connectivity index is 0. The summed E-state index contributed by atoms with van der Waals surface area (Å²) in [5.41, 5.74) is 1.96. The number of halogens is 1. The second kappa shape index (κ2) is 14.3. The Kier molecular flexibility index (Phi) is 13.9. The van der Waals surface area contributed by atoms with Gasteiger partial charge in [0.25, 0.3) is 0 Å². The lowest BCUT2D eigenvalue weighted by atomic mass is 10.0. The average molecular weight is 379 g/mol. The first-order chi connectivity index (χ1) is 11.6. The zero-order valence-corrected chi connectivity index (χ0v) is 14.9. The summed E-state index contributed by atoms with van der Waals surface area (Å²) in [6.07, 6.45) is 0.674. The van der Waals surface area contributed by atoms with Crippen LogP contribution in [-0.2, 0) is 11.2 Å². The molecule has 0 heterocycles. The smallest absolute Gasteiger partial charge is 0.119 e. The van der Waals surface area contributed by atoms with E-state index in [0.717, 1.165) is 11.1 Å². The minimum atomic E-state index is 0. The van der Waals surface area contributed by atoms with Crippen molar-refractivity contribution in [2.24, 2.45) is 0 Å². The first-order valence-corrected chi connectivity index (χ1v) is 7.23. The lowest BCUT2D eigenvalue weighted by molar-refractivity contribution is -0.0980. The first-order valence-electron chi connectivity index (χ1n) is 7.23. The topological polar surface area (TPSA) is 109 Å². The molecule has 0 aliphatic carbocycles. The standard InChI is InChI=1S/C13H12O2.C6H6O.CH2O.ClH.H2O/c14-12-7-5-10(6-8-12)9-11-3-1-2-4-13(11)15;7-6-4-2-1-3-5-6;1-2;;/h1-8,14-15H,9H2;1-5,7H;1H2;1H;1H2. The van der Waals surface area contributed by atoms with E-state index in [4.69, 9.17) is 15.0 Å². The predicted molar refractivity (Wildman–Crippen MR) is 105 cm³/mol. The SMILES string of the molecule is C=O.Cl.O.Oc1ccc(Cc2ccccc2O)cc1.Oc1ccccc1. The number of para-hydroxylation sites is 2. The van der Waals surface area contributed by atoms with Gasteiger partial charge in [0.2, 0.25) is 0 Å². The van der Waals surface area contributed by atoms with E-state index >= 15 is 0 Å². The molecule has 0 aliphatic heterocycles. The van der Waals surface area contributed by atoms with Gasteiger partial charge < -0.3 is 25.6 Å². The van der Waals surface area contributed by atoms with E-state index in [1.54, 1.807) is 48.5 Å². The normalized spacial score (nSPS) is 8.31. The Hall–Kier alpha value is -3.02. The van der Waals surface area contributed by atoms with E-state index < -0.39 is 0 Å². The van der Waals surface area contributed by atoms with E-state index in [2.05, 4.69) is 0 Å². The summed E-state index contributed by atoms with van der Waals surface area (Å²) in [6.45, 7) is 2.00. The van der Waals surface area contributed by atoms with Gasteiger partial charge in [0.1, 0.15) is 24.0 Å². The molecule has 0 atom stereocenters. The number of aromatic hydroxyl groups is 3. The van der Waals surface area contributed by atoms with Gasteiger partial charge in [-0.25, -0.2) is 0 Å². The van der Waals surface area contributed by atoms with Gasteiger partial charge in [0, 0.05) is 6.42 Å². The number of rotatable bonds is 2. The molecule has 0 spiro atoms. The van der Waals surface area contributed by atoms with Crippen molar-refractivity contribution in [2.45, 2.75) is 6.42 Å². The fraction of sp³-hybridized carbons (Fsp3) is 0.0500. The summed E-state index contributed by atoms with van der Waals surface area (Å²) < 4.78 is 0. The molecule has 140 valence electrons. The van der Waals surface area contributed by atoms with Crippen LogP contribution >= 0.6 is 12.4 Å². The molecule has 5 N–H and O–H groups in total. The average Bonchev–Trinajstić information content (AvgIpc) is 2.62. The van der Waals surface area contributed by atoms with Crippen LogP contribution in [0.15, 0.2) is 78.9 Å². The highest BCUT2D eigenvalue weighted by molar-refractivity contribution is 5.85. The van der Waals surface area contributed by atoms with Gasteiger partial charge in [-0.15, -0.1) is 12.4 Å². The van der Waals surface area contributed by atoms with Crippen molar-refractivity contribution in [1.29, 1.82) is 0 Å². The molecule has 0 amide bonds. The predicted octanol–water partition coefficient (Wildman–Crippen LogP) is 3.49. The number of phenols is 3. The Labute approximate surface area is 158 Å². The Morgan fingerprint density at radius 3 is 1.58 bits per heavy atom. The summed E-state index contributed by atoms with van der Waals surface area (Å²) in [6, 6.07) is 23.0. The third kappa shape index (κ3) is 9.32. The monoisotopic (exact) mass is 378 g/mol. The molecule has 0 aromatic heterocycles. The van der Waals surface area contributed by atoms with Crippen molar-refractivity contribution in [3.05, 3.63) is 90.0 Å². The molecule has 0 radical (unpaired) electrons. The van der Waals surface area contributed by atoms with Gasteiger partial charge in [-0.2, -0.15) is 0 Å². The molecule has 0 saturated heterocycles. The highest BCUT2D eigenvalue weighted by atomic mass is 35.5. The van der Waals surface area contributed by atoms with Crippen molar-refractivity contribution in [2.75, 3.05) is 0 Å². The zero-order chi connectivity index (χ0) is 17.8. The molecular formula is C20H23ClO5. The van der Waals surface area contributed by atoms with E-state index in [1.165, 1.54) is 0 Å². The van der Waals surface area contributed by atoms with E-state index in [-0.39, 0.29) is 23.6 Å². The summed E-state index contributed by atoms with van der Waals surface area (Å²) in [7, 11) is 0. The third-order valence-electron chi connectivity index (χ3n) is 3.08. The van der Waals surface area contributed by atoms with Crippen LogP contribution in [0.1, 0.15) is 11.1 Å². The number of carbonyl (C=O) groups excluding carboxylic acids is 1. The molecule has 26 heavy (non-hydrogen) atoms. The number of hydrogen-bond donors (Lipinski definition) is 3. The molecule has 3 aromatic carbocycles. The van der Waals surface area contributed by atoms with Gasteiger partial charge in [-0.1, -0.05) is 48.5 Å². The van der Waals surface area contributed by atoms with E-state index in [0.29, 0.717) is 17.9 Å². The maximum absolute atomic E-state index is 9.58. The van der Waals surface area contributed by atoms with Crippen LogP contribution < -0.4 is 0 Å². The van der Waals surface area contributed by atoms with Crippen LogP contribution in [0.25, 0.3) is 0 Å². The van der Waals surface area contributed by atoms with Gasteiger partial charge >= 0.3 is 0 Å². The van der Waals surface area contributed by atoms with Crippen molar-refractivity contribution in [3.63, 3.8) is 0 Å². The number of hydrogen-bond acceptors (Lipinski definition) is 4. The van der Waals surface area contributed by atoms with Gasteiger partial charge in [-0.3, -0.25) is 0 Å². The summed E-state index contributed by atoms with van der Waals surface area (Å²) >= 11 is 0. The van der Waals surface area contributed by atoms with Crippen LogP contribution in [-0.4, -0.2) is 27.6 Å². The van der Waals surface area contributed by atoms with Crippen LogP contribution in [0, 0.1) is 0 Å². The first kappa shape index (κ1) is 25.2. The van der Waals surface area contributed by atoms with Crippen molar-refractivity contribution >= 4 is 19.2 Å². The summed E-state index contributed by atoms with van der Waals surface area (Å²) in [5.74, 6) is 0.893.